The molecule has 5 nitrogen and oxygen atoms in total. The van der Waals surface area contributed by atoms with E-state index in [-0.39, 0.29) is 17.6 Å². The highest BCUT2D eigenvalue weighted by molar-refractivity contribution is 5.79. The summed E-state index contributed by atoms with van der Waals surface area (Å²) in [7, 11) is 0. The van der Waals surface area contributed by atoms with E-state index in [0.717, 1.165) is 24.9 Å². The lowest BCUT2D eigenvalue weighted by Gasteiger charge is -2.31. The molecule has 6 heteroatoms. The first-order valence-electron chi connectivity index (χ1n) is 8.26. The first-order chi connectivity index (χ1) is 11.7. The van der Waals surface area contributed by atoms with Gasteiger partial charge < -0.3 is 10.2 Å². The third-order valence-electron chi connectivity index (χ3n) is 4.23. The Kier molecular flexibility index (Phi) is 5.36. The van der Waals surface area contributed by atoms with Crippen molar-refractivity contribution in [1.29, 1.82) is 0 Å². The number of carbonyl (C=O) groups excluding carboxylic acids is 1. The highest BCUT2D eigenvalue weighted by Crippen LogP contribution is 2.20. The summed E-state index contributed by atoms with van der Waals surface area (Å²) in [5.74, 6) is 0.418. The zero-order valence-electron chi connectivity index (χ0n) is 13.5. The number of aromatic nitrogens is 2. The quantitative estimate of drug-likeness (QED) is 0.914. The van der Waals surface area contributed by atoms with Crippen LogP contribution < -0.4 is 10.2 Å². The van der Waals surface area contributed by atoms with E-state index in [1.165, 1.54) is 12.1 Å². The third kappa shape index (κ3) is 4.28. The number of hydrogen-bond acceptors (Lipinski definition) is 4. The monoisotopic (exact) mass is 328 g/mol. The van der Waals surface area contributed by atoms with Gasteiger partial charge in [-0.2, -0.15) is 0 Å². The maximum atomic E-state index is 13.1. The van der Waals surface area contributed by atoms with Crippen LogP contribution in [0.1, 0.15) is 18.4 Å². The topological polar surface area (TPSA) is 58.1 Å². The second-order valence-electron chi connectivity index (χ2n) is 6.00. The fourth-order valence-electron chi connectivity index (χ4n) is 2.99. The van der Waals surface area contributed by atoms with E-state index in [4.69, 9.17) is 0 Å². The minimum absolute atomic E-state index is 0.0482. The maximum Gasteiger partial charge on any atom is 0.225 e. The lowest BCUT2D eigenvalue weighted by atomic mass is 9.97. The van der Waals surface area contributed by atoms with Crippen molar-refractivity contribution < 1.29 is 9.18 Å². The van der Waals surface area contributed by atoms with E-state index >= 15 is 0 Å². The van der Waals surface area contributed by atoms with Gasteiger partial charge in [-0.1, -0.05) is 12.1 Å². The number of amides is 1. The molecule has 0 unspecified atom stereocenters. The molecular weight excluding hydrogens is 307 g/mol. The predicted octanol–water partition coefficient (Wildman–Crippen LogP) is 2.19. The summed E-state index contributed by atoms with van der Waals surface area (Å²) in [5.41, 5.74) is 0.887. The first kappa shape index (κ1) is 16.4. The van der Waals surface area contributed by atoms with Gasteiger partial charge in [0.25, 0.3) is 0 Å². The molecule has 0 spiro atoms. The molecule has 1 aliphatic rings. The van der Waals surface area contributed by atoms with Crippen LogP contribution in [0.5, 0.6) is 0 Å². The molecule has 24 heavy (non-hydrogen) atoms. The standard InChI is InChI=1S/C18H21FN4O/c19-16-6-1-4-14(12-16)7-10-20-17(24)15-5-2-11-23(13-15)18-21-8-3-9-22-18/h1,3-4,6,8-9,12,15H,2,5,7,10-11,13H2,(H,20,24)/t15-/m1/s1. The molecule has 1 amide bonds. The number of hydrogen-bond donors (Lipinski definition) is 1. The van der Waals surface area contributed by atoms with Gasteiger partial charge in [0.2, 0.25) is 11.9 Å². The summed E-state index contributed by atoms with van der Waals surface area (Å²) < 4.78 is 13.1. The molecular formula is C18H21FN4O. The van der Waals surface area contributed by atoms with Crippen molar-refractivity contribution in [2.45, 2.75) is 19.3 Å². The van der Waals surface area contributed by atoms with Gasteiger partial charge in [0.05, 0.1) is 5.92 Å². The molecule has 3 rings (SSSR count). The normalized spacial score (nSPS) is 17.5. The van der Waals surface area contributed by atoms with Gasteiger partial charge >= 0.3 is 0 Å². The van der Waals surface area contributed by atoms with Gasteiger partial charge in [-0.05, 0) is 43.0 Å². The van der Waals surface area contributed by atoms with E-state index in [9.17, 15) is 9.18 Å². The van der Waals surface area contributed by atoms with E-state index < -0.39 is 0 Å². The molecule has 1 N–H and O–H groups in total. The largest absolute Gasteiger partial charge is 0.355 e. The van der Waals surface area contributed by atoms with Gasteiger partial charge in [0.15, 0.2) is 0 Å². The Morgan fingerprint density at radius 3 is 2.92 bits per heavy atom. The average molecular weight is 328 g/mol. The third-order valence-corrected chi connectivity index (χ3v) is 4.23. The smallest absolute Gasteiger partial charge is 0.225 e. The molecule has 1 fully saturated rings. The number of nitrogens with one attached hydrogen (secondary N) is 1. The Bertz CT molecular complexity index is 680. The zero-order valence-corrected chi connectivity index (χ0v) is 13.5. The molecule has 0 radical (unpaired) electrons. The van der Waals surface area contributed by atoms with Crippen molar-refractivity contribution in [2.24, 2.45) is 5.92 Å². The summed E-state index contributed by atoms with van der Waals surface area (Å²) in [5, 5.41) is 2.96. The number of nitrogens with zero attached hydrogens (tertiary/aromatic N) is 3. The number of halogens is 1. The van der Waals surface area contributed by atoms with Crippen molar-refractivity contribution in [3.63, 3.8) is 0 Å². The molecule has 0 bridgehead atoms. The van der Waals surface area contributed by atoms with Crippen LogP contribution in [0.2, 0.25) is 0 Å². The highest BCUT2D eigenvalue weighted by Gasteiger charge is 2.26. The van der Waals surface area contributed by atoms with E-state index in [0.29, 0.717) is 25.5 Å². The van der Waals surface area contributed by atoms with Gasteiger partial charge in [-0.15, -0.1) is 0 Å². The lowest BCUT2D eigenvalue weighted by Crippen LogP contribution is -2.44. The van der Waals surface area contributed by atoms with Crippen LogP contribution in [0.3, 0.4) is 0 Å². The number of piperidine rings is 1. The first-order valence-corrected chi connectivity index (χ1v) is 8.26. The van der Waals surface area contributed by atoms with E-state index in [2.05, 4.69) is 20.2 Å². The summed E-state index contributed by atoms with van der Waals surface area (Å²) in [6.07, 6.45) is 5.87. The van der Waals surface area contributed by atoms with Crippen molar-refractivity contribution >= 4 is 11.9 Å². The maximum absolute atomic E-state index is 13.1. The van der Waals surface area contributed by atoms with Crippen molar-refractivity contribution in [3.05, 3.63) is 54.1 Å². The minimum Gasteiger partial charge on any atom is -0.355 e. The summed E-state index contributed by atoms with van der Waals surface area (Å²) in [6, 6.07) is 8.26. The molecule has 0 saturated carbocycles. The van der Waals surface area contributed by atoms with Crippen molar-refractivity contribution in [1.82, 2.24) is 15.3 Å². The molecule has 1 atom stereocenters. The molecule has 2 heterocycles. The second kappa shape index (κ2) is 7.86. The molecule has 1 saturated heterocycles. The summed E-state index contributed by atoms with van der Waals surface area (Å²) in [4.78, 5) is 22.9. The van der Waals surface area contributed by atoms with E-state index in [1.807, 2.05) is 6.07 Å². The molecule has 2 aromatic rings. The lowest BCUT2D eigenvalue weighted by molar-refractivity contribution is -0.125. The molecule has 1 aromatic heterocycles. The van der Waals surface area contributed by atoms with Crippen molar-refractivity contribution in [2.75, 3.05) is 24.5 Å². The molecule has 1 aliphatic heterocycles. The molecule has 126 valence electrons. The SMILES string of the molecule is O=C(NCCc1cccc(F)c1)[C@@H]1CCCN(c2ncccn2)C1. The van der Waals surface area contributed by atoms with Crippen LogP contribution >= 0.6 is 0 Å². The van der Waals surface area contributed by atoms with Gasteiger partial charge in [-0.3, -0.25) is 4.79 Å². The number of carbonyl (C=O) groups is 1. The van der Waals surface area contributed by atoms with Crippen LogP contribution in [0.25, 0.3) is 0 Å². The van der Waals surface area contributed by atoms with Crippen LogP contribution in [-0.2, 0) is 11.2 Å². The Hall–Kier alpha value is -2.50. The molecule has 0 aliphatic carbocycles. The highest BCUT2D eigenvalue weighted by atomic mass is 19.1. The van der Waals surface area contributed by atoms with Crippen LogP contribution in [-0.4, -0.2) is 35.5 Å². The van der Waals surface area contributed by atoms with Crippen molar-refractivity contribution in [3.8, 4) is 0 Å². The fourth-order valence-corrected chi connectivity index (χ4v) is 2.99. The Balaban J connectivity index is 1.49. The zero-order chi connectivity index (χ0) is 16.8. The fraction of sp³-hybridized carbons (Fsp3) is 0.389. The molecule has 1 aromatic carbocycles. The Morgan fingerprint density at radius 2 is 2.12 bits per heavy atom. The number of benzene rings is 1. The van der Waals surface area contributed by atoms with E-state index in [1.54, 1.807) is 24.5 Å². The number of anilines is 1. The average Bonchev–Trinajstić information content (AvgIpc) is 2.62. The summed E-state index contributed by atoms with van der Waals surface area (Å²) >= 11 is 0. The minimum atomic E-state index is -0.246. The van der Waals surface area contributed by atoms with Gasteiger partial charge in [-0.25, -0.2) is 14.4 Å². The summed E-state index contributed by atoms with van der Waals surface area (Å²) in [6.45, 7) is 2.02. The number of rotatable bonds is 5. The van der Waals surface area contributed by atoms with Crippen LogP contribution in [0.15, 0.2) is 42.7 Å². The van der Waals surface area contributed by atoms with Gasteiger partial charge in [0.1, 0.15) is 5.82 Å². The second-order valence-corrected chi connectivity index (χ2v) is 6.00. The van der Waals surface area contributed by atoms with Crippen LogP contribution in [0, 0.1) is 11.7 Å². The van der Waals surface area contributed by atoms with Crippen LogP contribution in [0.4, 0.5) is 10.3 Å². The van der Waals surface area contributed by atoms with Gasteiger partial charge in [0, 0.05) is 32.0 Å². The Morgan fingerprint density at radius 1 is 1.29 bits per heavy atom. The Labute approximate surface area is 140 Å². The predicted molar refractivity (Wildman–Crippen MR) is 90.1 cm³/mol.